The number of rotatable bonds is 5. The SMILES string of the molecule is Cc1c(NC(=O)C=Cc2ccc(C3CC3C)o2)c(=O)n(-c2ccccc2)n1C. The number of hydrogen-bond acceptors (Lipinski definition) is 3. The van der Waals surface area contributed by atoms with Crippen LogP contribution in [0.3, 0.4) is 0 Å². The van der Waals surface area contributed by atoms with Crippen LogP contribution in [0.25, 0.3) is 11.8 Å². The van der Waals surface area contributed by atoms with Crippen molar-refractivity contribution in [3.05, 3.63) is 76.1 Å². The number of nitrogens with zero attached hydrogens (tertiary/aromatic N) is 2. The second kappa shape index (κ2) is 7.03. The van der Waals surface area contributed by atoms with Gasteiger partial charge in [0.15, 0.2) is 0 Å². The lowest BCUT2D eigenvalue weighted by molar-refractivity contribution is -0.111. The lowest BCUT2D eigenvalue weighted by Gasteiger charge is -2.07. The lowest BCUT2D eigenvalue weighted by atomic mass is 10.3. The molecule has 144 valence electrons. The van der Waals surface area contributed by atoms with E-state index in [9.17, 15) is 9.59 Å². The second-order valence-electron chi connectivity index (χ2n) is 7.32. The normalized spacial score (nSPS) is 18.5. The smallest absolute Gasteiger partial charge is 0.295 e. The van der Waals surface area contributed by atoms with Gasteiger partial charge in [-0.2, -0.15) is 0 Å². The molecule has 2 atom stereocenters. The molecule has 1 fully saturated rings. The van der Waals surface area contributed by atoms with Gasteiger partial charge in [0, 0.05) is 19.0 Å². The highest BCUT2D eigenvalue weighted by Crippen LogP contribution is 2.47. The molecule has 0 radical (unpaired) electrons. The number of furan rings is 1. The second-order valence-corrected chi connectivity index (χ2v) is 7.32. The van der Waals surface area contributed by atoms with E-state index in [1.807, 2.05) is 42.5 Å². The topological polar surface area (TPSA) is 69.2 Å². The zero-order valence-electron chi connectivity index (χ0n) is 16.2. The fourth-order valence-corrected chi connectivity index (χ4v) is 3.41. The summed E-state index contributed by atoms with van der Waals surface area (Å²) in [6, 6.07) is 13.1. The molecule has 1 saturated carbocycles. The number of hydrogen-bond donors (Lipinski definition) is 1. The minimum Gasteiger partial charge on any atom is -0.461 e. The van der Waals surface area contributed by atoms with E-state index in [0.717, 1.165) is 17.9 Å². The zero-order valence-corrected chi connectivity index (χ0v) is 16.2. The van der Waals surface area contributed by atoms with Crippen LogP contribution < -0.4 is 10.9 Å². The van der Waals surface area contributed by atoms with Crippen molar-refractivity contribution < 1.29 is 9.21 Å². The predicted molar refractivity (Wildman–Crippen MR) is 109 cm³/mol. The van der Waals surface area contributed by atoms with Gasteiger partial charge in [0.05, 0.1) is 11.4 Å². The van der Waals surface area contributed by atoms with E-state index < -0.39 is 0 Å². The van der Waals surface area contributed by atoms with E-state index >= 15 is 0 Å². The van der Waals surface area contributed by atoms with E-state index in [1.165, 1.54) is 10.8 Å². The first-order valence-corrected chi connectivity index (χ1v) is 9.38. The summed E-state index contributed by atoms with van der Waals surface area (Å²) < 4.78 is 9.03. The molecule has 1 amide bonds. The molecule has 3 aromatic rings. The number of carbonyl (C=O) groups is 1. The zero-order chi connectivity index (χ0) is 19.8. The maximum absolute atomic E-state index is 12.8. The van der Waals surface area contributed by atoms with E-state index in [-0.39, 0.29) is 17.2 Å². The van der Waals surface area contributed by atoms with Crippen molar-refractivity contribution in [3.8, 4) is 5.69 Å². The molecule has 6 heteroatoms. The molecular weight excluding hydrogens is 354 g/mol. The first kappa shape index (κ1) is 18.1. The molecule has 1 aliphatic carbocycles. The van der Waals surface area contributed by atoms with Crippen LogP contribution in [0.15, 0.2) is 57.8 Å². The molecule has 2 unspecified atom stereocenters. The Labute approximate surface area is 163 Å². The first-order chi connectivity index (χ1) is 13.5. The van der Waals surface area contributed by atoms with Gasteiger partial charge in [-0.3, -0.25) is 14.3 Å². The number of aromatic nitrogens is 2. The van der Waals surface area contributed by atoms with Crippen LogP contribution in [-0.2, 0) is 11.8 Å². The molecule has 28 heavy (non-hydrogen) atoms. The molecule has 0 saturated heterocycles. The molecule has 0 aliphatic heterocycles. The highest BCUT2D eigenvalue weighted by Gasteiger charge is 2.36. The number of benzene rings is 1. The number of nitrogens with one attached hydrogen (secondary N) is 1. The summed E-state index contributed by atoms with van der Waals surface area (Å²) in [6.07, 6.45) is 4.16. The summed E-state index contributed by atoms with van der Waals surface area (Å²) in [4.78, 5) is 25.2. The van der Waals surface area contributed by atoms with E-state index in [0.29, 0.717) is 23.3 Å². The molecule has 0 bridgehead atoms. The first-order valence-electron chi connectivity index (χ1n) is 9.38. The maximum atomic E-state index is 12.8. The van der Waals surface area contributed by atoms with E-state index in [1.54, 1.807) is 24.7 Å². The summed E-state index contributed by atoms with van der Waals surface area (Å²) in [5.41, 5.74) is 1.43. The Morgan fingerprint density at radius 1 is 1.21 bits per heavy atom. The van der Waals surface area contributed by atoms with Crippen LogP contribution in [0.2, 0.25) is 0 Å². The highest BCUT2D eigenvalue weighted by atomic mass is 16.3. The molecule has 2 heterocycles. The largest absolute Gasteiger partial charge is 0.461 e. The quantitative estimate of drug-likeness (QED) is 0.687. The maximum Gasteiger partial charge on any atom is 0.295 e. The average Bonchev–Trinajstić information content (AvgIpc) is 3.16. The standard InChI is InChI=1S/C22H23N3O3/c1-14-13-18(14)19-11-9-17(28-19)10-12-20(26)23-21-15(2)24(3)25(22(21)27)16-7-5-4-6-8-16/h4-12,14,18H,13H2,1-3H3,(H,23,26). The number of para-hydroxylation sites is 1. The average molecular weight is 377 g/mol. The van der Waals surface area contributed by atoms with E-state index in [2.05, 4.69) is 12.2 Å². The Morgan fingerprint density at radius 2 is 1.93 bits per heavy atom. The molecule has 0 spiro atoms. The Balaban J connectivity index is 1.52. The van der Waals surface area contributed by atoms with Crippen LogP contribution in [0.5, 0.6) is 0 Å². The third kappa shape index (κ3) is 3.33. The Hall–Kier alpha value is -3.28. The van der Waals surface area contributed by atoms with Gasteiger partial charge in [-0.05, 0) is 49.6 Å². The van der Waals surface area contributed by atoms with Gasteiger partial charge in [-0.25, -0.2) is 4.68 Å². The Bertz CT molecular complexity index is 1100. The number of amides is 1. The van der Waals surface area contributed by atoms with Gasteiger partial charge in [-0.15, -0.1) is 0 Å². The summed E-state index contributed by atoms with van der Waals surface area (Å²) in [5, 5.41) is 2.71. The van der Waals surface area contributed by atoms with Crippen LogP contribution >= 0.6 is 0 Å². The molecule has 1 N–H and O–H groups in total. The number of anilines is 1. The summed E-state index contributed by atoms with van der Waals surface area (Å²) >= 11 is 0. The minimum absolute atomic E-state index is 0.268. The summed E-state index contributed by atoms with van der Waals surface area (Å²) in [6.45, 7) is 4.00. The highest BCUT2D eigenvalue weighted by molar-refractivity contribution is 6.02. The van der Waals surface area contributed by atoms with Crippen LogP contribution in [-0.4, -0.2) is 15.3 Å². The Kier molecular flexibility index (Phi) is 4.55. The molecule has 6 nitrogen and oxygen atoms in total. The van der Waals surface area contributed by atoms with Crippen molar-refractivity contribution in [2.24, 2.45) is 13.0 Å². The molecule has 1 aliphatic rings. The molecule has 1 aromatic carbocycles. The van der Waals surface area contributed by atoms with Gasteiger partial charge >= 0.3 is 0 Å². The van der Waals surface area contributed by atoms with Crippen LogP contribution in [0, 0.1) is 12.8 Å². The van der Waals surface area contributed by atoms with Crippen molar-refractivity contribution in [3.63, 3.8) is 0 Å². The summed E-state index contributed by atoms with van der Waals surface area (Å²) in [5.74, 6) is 2.40. The van der Waals surface area contributed by atoms with Crippen molar-refractivity contribution in [1.82, 2.24) is 9.36 Å². The third-order valence-electron chi connectivity index (χ3n) is 5.32. The lowest BCUT2D eigenvalue weighted by Crippen LogP contribution is -2.22. The van der Waals surface area contributed by atoms with Gasteiger partial charge in [-0.1, -0.05) is 25.1 Å². The molecular formula is C22H23N3O3. The monoisotopic (exact) mass is 377 g/mol. The van der Waals surface area contributed by atoms with Crippen molar-refractivity contribution in [2.45, 2.75) is 26.2 Å². The minimum atomic E-state index is -0.372. The predicted octanol–water partition coefficient (Wildman–Crippen LogP) is 3.85. The fraction of sp³-hybridized carbons (Fsp3) is 0.273. The van der Waals surface area contributed by atoms with E-state index in [4.69, 9.17) is 4.42 Å². The van der Waals surface area contributed by atoms with Crippen molar-refractivity contribution >= 4 is 17.7 Å². The van der Waals surface area contributed by atoms with Gasteiger partial charge in [0.25, 0.3) is 5.56 Å². The summed E-state index contributed by atoms with van der Waals surface area (Å²) in [7, 11) is 1.79. The Morgan fingerprint density at radius 3 is 2.61 bits per heavy atom. The molecule has 4 rings (SSSR count). The van der Waals surface area contributed by atoms with Crippen LogP contribution in [0.4, 0.5) is 5.69 Å². The fourth-order valence-electron chi connectivity index (χ4n) is 3.41. The van der Waals surface area contributed by atoms with Crippen molar-refractivity contribution in [2.75, 3.05) is 5.32 Å². The van der Waals surface area contributed by atoms with Gasteiger partial charge < -0.3 is 9.73 Å². The molecule has 2 aromatic heterocycles. The number of carbonyl (C=O) groups excluding carboxylic acids is 1. The third-order valence-corrected chi connectivity index (χ3v) is 5.32. The van der Waals surface area contributed by atoms with Crippen LogP contribution in [0.1, 0.15) is 36.5 Å². The van der Waals surface area contributed by atoms with Crippen molar-refractivity contribution in [1.29, 1.82) is 0 Å². The van der Waals surface area contributed by atoms with Gasteiger partial charge in [0.2, 0.25) is 5.91 Å². The van der Waals surface area contributed by atoms with Gasteiger partial charge in [0.1, 0.15) is 17.2 Å².